The van der Waals surface area contributed by atoms with Crippen LogP contribution >= 0.6 is 0 Å². The van der Waals surface area contributed by atoms with Crippen LogP contribution in [0, 0.1) is 5.82 Å². The highest BCUT2D eigenvalue weighted by atomic mass is 19.1. The first-order valence-electron chi connectivity index (χ1n) is 9.21. The molecule has 0 radical (unpaired) electrons. The molecule has 0 saturated heterocycles. The van der Waals surface area contributed by atoms with Gasteiger partial charge < -0.3 is 15.4 Å². The summed E-state index contributed by atoms with van der Waals surface area (Å²) in [5.41, 5.74) is 1.90. The number of benzene rings is 3. The van der Waals surface area contributed by atoms with E-state index in [1.54, 1.807) is 24.3 Å². The quantitative estimate of drug-likeness (QED) is 0.613. The van der Waals surface area contributed by atoms with Crippen molar-refractivity contribution in [1.29, 1.82) is 0 Å². The monoisotopic (exact) mass is 392 g/mol. The summed E-state index contributed by atoms with van der Waals surface area (Å²) < 4.78 is 18.2. The van der Waals surface area contributed by atoms with Crippen molar-refractivity contribution >= 4 is 17.5 Å². The third-order valence-corrected chi connectivity index (χ3v) is 4.17. The van der Waals surface area contributed by atoms with Crippen LogP contribution in [0.15, 0.2) is 78.9 Å². The zero-order valence-electron chi connectivity index (χ0n) is 15.7. The average molecular weight is 392 g/mol. The van der Waals surface area contributed by atoms with E-state index in [2.05, 4.69) is 10.6 Å². The predicted octanol–water partition coefficient (Wildman–Crippen LogP) is 3.82. The molecule has 0 aliphatic rings. The molecule has 0 heterocycles. The lowest BCUT2D eigenvalue weighted by molar-refractivity contribution is -0.118. The Morgan fingerprint density at radius 3 is 2.31 bits per heavy atom. The normalized spacial score (nSPS) is 10.2. The average Bonchev–Trinajstić information content (AvgIpc) is 2.74. The van der Waals surface area contributed by atoms with Gasteiger partial charge in [-0.05, 0) is 48.4 Å². The van der Waals surface area contributed by atoms with E-state index in [-0.39, 0.29) is 18.3 Å². The summed E-state index contributed by atoms with van der Waals surface area (Å²) in [6.07, 6.45) is 0.715. The summed E-state index contributed by atoms with van der Waals surface area (Å²) in [5.74, 6) is -0.683. The summed E-state index contributed by atoms with van der Waals surface area (Å²) in [6.45, 7) is 0.231. The fourth-order valence-electron chi connectivity index (χ4n) is 2.72. The first-order valence-corrected chi connectivity index (χ1v) is 9.21. The van der Waals surface area contributed by atoms with Crippen molar-refractivity contribution in [1.82, 2.24) is 5.32 Å². The molecule has 2 N–H and O–H groups in total. The molecule has 0 bridgehead atoms. The molecule has 6 heteroatoms. The Morgan fingerprint density at radius 2 is 1.55 bits per heavy atom. The van der Waals surface area contributed by atoms with Crippen molar-refractivity contribution in [2.24, 2.45) is 0 Å². The van der Waals surface area contributed by atoms with Gasteiger partial charge in [0.05, 0.1) is 11.3 Å². The third kappa shape index (κ3) is 6.17. The third-order valence-electron chi connectivity index (χ3n) is 4.17. The number of carbonyl (C=O) groups is 2. The van der Waals surface area contributed by atoms with E-state index < -0.39 is 5.91 Å². The van der Waals surface area contributed by atoms with Crippen LogP contribution < -0.4 is 15.4 Å². The number of carbonyl (C=O) groups excluding carboxylic acids is 2. The summed E-state index contributed by atoms with van der Waals surface area (Å²) in [7, 11) is 0. The molecule has 0 saturated carbocycles. The zero-order valence-corrected chi connectivity index (χ0v) is 15.7. The summed E-state index contributed by atoms with van der Waals surface area (Å²) in [4.78, 5) is 24.7. The summed E-state index contributed by atoms with van der Waals surface area (Å²) in [6, 6.07) is 22.0. The number of para-hydroxylation sites is 1. The van der Waals surface area contributed by atoms with Gasteiger partial charge in [0, 0.05) is 6.54 Å². The van der Waals surface area contributed by atoms with Crippen molar-refractivity contribution in [2.75, 3.05) is 18.5 Å². The van der Waals surface area contributed by atoms with Gasteiger partial charge >= 0.3 is 0 Å². The van der Waals surface area contributed by atoms with Crippen molar-refractivity contribution in [3.63, 3.8) is 0 Å². The lowest BCUT2D eigenvalue weighted by Crippen LogP contribution is -2.28. The number of hydrogen-bond donors (Lipinski definition) is 2. The SMILES string of the molecule is O=C(COc1ccc(F)cc1)Nc1ccccc1C(=O)NCCc1ccccc1. The van der Waals surface area contributed by atoms with E-state index in [9.17, 15) is 14.0 Å². The molecule has 3 rings (SSSR count). The fraction of sp³-hybridized carbons (Fsp3) is 0.130. The zero-order chi connectivity index (χ0) is 20.5. The largest absolute Gasteiger partial charge is 0.484 e. The van der Waals surface area contributed by atoms with E-state index in [0.29, 0.717) is 30.0 Å². The maximum absolute atomic E-state index is 12.9. The molecule has 5 nitrogen and oxygen atoms in total. The molecule has 2 amide bonds. The van der Waals surface area contributed by atoms with Gasteiger partial charge in [0.15, 0.2) is 6.61 Å². The Hall–Kier alpha value is -3.67. The Kier molecular flexibility index (Phi) is 6.95. The van der Waals surface area contributed by atoms with Crippen LogP contribution in [0.3, 0.4) is 0 Å². The minimum Gasteiger partial charge on any atom is -0.484 e. The van der Waals surface area contributed by atoms with Gasteiger partial charge in [0.1, 0.15) is 11.6 Å². The Labute approximate surface area is 168 Å². The lowest BCUT2D eigenvalue weighted by Gasteiger charge is -2.12. The van der Waals surface area contributed by atoms with Crippen LogP contribution in [-0.4, -0.2) is 25.0 Å². The van der Waals surface area contributed by atoms with Crippen molar-refractivity contribution < 1.29 is 18.7 Å². The topological polar surface area (TPSA) is 67.4 Å². The highest BCUT2D eigenvalue weighted by Gasteiger charge is 2.13. The second kappa shape index (κ2) is 10.0. The van der Waals surface area contributed by atoms with Gasteiger partial charge in [0.2, 0.25) is 0 Å². The summed E-state index contributed by atoms with van der Waals surface area (Å²) in [5, 5.41) is 5.55. The smallest absolute Gasteiger partial charge is 0.262 e. The molecule has 0 aliphatic heterocycles. The van der Waals surface area contributed by atoms with E-state index in [1.165, 1.54) is 24.3 Å². The molecule has 0 atom stereocenters. The van der Waals surface area contributed by atoms with E-state index in [1.807, 2.05) is 30.3 Å². The Morgan fingerprint density at radius 1 is 0.862 bits per heavy atom. The number of amides is 2. The molecule has 148 valence electrons. The summed E-state index contributed by atoms with van der Waals surface area (Å²) >= 11 is 0. The second-order valence-corrected chi connectivity index (χ2v) is 6.33. The van der Waals surface area contributed by atoms with Gasteiger partial charge in [-0.25, -0.2) is 4.39 Å². The molecular formula is C23H21FN2O3. The molecule has 3 aromatic carbocycles. The van der Waals surface area contributed by atoms with Crippen LogP contribution in [0.25, 0.3) is 0 Å². The standard InChI is InChI=1S/C23H21FN2O3/c24-18-10-12-19(13-11-18)29-16-22(27)26-21-9-5-4-8-20(21)23(28)25-15-14-17-6-2-1-3-7-17/h1-13H,14-16H2,(H,25,28)(H,26,27). The molecular weight excluding hydrogens is 371 g/mol. The maximum atomic E-state index is 12.9. The number of nitrogens with one attached hydrogen (secondary N) is 2. The first kappa shape index (κ1) is 20.1. The van der Waals surface area contributed by atoms with Crippen LogP contribution in [0.4, 0.5) is 10.1 Å². The molecule has 3 aromatic rings. The molecule has 0 unspecified atom stereocenters. The highest BCUT2D eigenvalue weighted by molar-refractivity contribution is 6.04. The fourth-order valence-corrected chi connectivity index (χ4v) is 2.72. The Bertz CT molecular complexity index is 959. The van der Waals surface area contributed by atoms with Crippen molar-refractivity contribution in [3.05, 3.63) is 95.8 Å². The van der Waals surface area contributed by atoms with Crippen molar-refractivity contribution in [2.45, 2.75) is 6.42 Å². The number of halogens is 1. The maximum Gasteiger partial charge on any atom is 0.262 e. The minimum atomic E-state index is -0.418. The number of anilines is 1. The minimum absolute atomic E-state index is 0.254. The Balaban J connectivity index is 1.54. The lowest BCUT2D eigenvalue weighted by atomic mass is 10.1. The van der Waals surface area contributed by atoms with Gasteiger partial charge in [0.25, 0.3) is 11.8 Å². The molecule has 0 spiro atoms. The van der Waals surface area contributed by atoms with Crippen molar-refractivity contribution in [3.8, 4) is 5.75 Å². The molecule has 0 fully saturated rings. The van der Waals surface area contributed by atoms with Crippen LogP contribution in [0.1, 0.15) is 15.9 Å². The van der Waals surface area contributed by atoms with Gasteiger partial charge in [-0.3, -0.25) is 9.59 Å². The van der Waals surface area contributed by atoms with E-state index in [0.717, 1.165) is 5.56 Å². The van der Waals surface area contributed by atoms with Gasteiger partial charge in [-0.15, -0.1) is 0 Å². The van der Waals surface area contributed by atoms with Crippen LogP contribution in [-0.2, 0) is 11.2 Å². The van der Waals surface area contributed by atoms with E-state index >= 15 is 0 Å². The van der Waals surface area contributed by atoms with Gasteiger partial charge in [-0.2, -0.15) is 0 Å². The molecule has 29 heavy (non-hydrogen) atoms. The van der Waals surface area contributed by atoms with Gasteiger partial charge in [-0.1, -0.05) is 42.5 Å². The van der Waals surface area contributed by atoms with Crippen LogP contribution in [0.2, 0.25) is 0 Å². The molecule has 0 aromatic heterocycles. The molecule has 0 aliphatic carbocycles. The van der Waals surface area contributed by atoms with E-state index in [4.69, 9.17) is 4.74 Å². The number of ether oxygens (including phenoxy) is 1. The number of hydrogen-bond acceptors (Lipinski definition) is 3. The first-order chi connectivity index (χ1) is 14.1. The van der Waals surface area contributed by atoms with Crippen LogP contribution in [0.5, 0.6) is 5.75 Å². The number of rotatable bonds is 8. The second-order valence-electron chi connectivity index (χ2n) is 6.33. The predicted molar refractivity (Wildman–Crippen MR) is 109 cm³/mol. The highest BCUT2D eigenvalue weighted by Crippen LogP contribution is 2.16.